The molecule has 8 nitrogen and oxygen atoms in total. The molecule has 0 aliphatic carbocycles. The van der Waals surface area contributed by atoms with Crippen molar-refractivity contribution in [2.45, 2.75) is 6.04 Å². The van der Waals surface area contributed by atoms with Crippen LogP contribution in [0.25, 0.3) is 0 Å². The van der Waals surface area contributed by atoms with E-state index >= 15 is 4.39 Å². The highest BCUT2D eigenvalue weighted by molar-refractivity contribution is 7.80. The molecule has 0 radical (unpaired) electrons. The van der Waals surface area contributed by atoms with Crippen LogP contribution in [0.1, 0.15) is 38.0 Å². The number of anilines is 1. The Morgan fingerprint density at radius 2 is 1.90 bits per heavy atom. The molecule has 1 aliphatic rings. The van der Waals surface area contributed by atoms with Crippen LogP contribution < -0.4 is 10.2 Å². The maximum atomic E-state index is 15.0. The lowest BCUT2D eigenvalue weighted by atomic mass is 10.0. The van der Waals surface area contributed by atoms with Gasteiger partial charge >= 0.3 is 0 Å². The van der Waals surface area contributed by atoms with Crippen molar-refractivity contribution in [2.75, 3.05) is 12.0 Å². The highest BCUT2D eigenvalue weighted by Gasteiger charge is 2.37. The molecule has 10 heteroatoms. The molecule has 3 aromatic rings. The molecule has 0 bridgehead atoms. The topological polar surface area (TPSA) is 100 Å². The number of hydrogen-bond donors (Lipinski definition) is 2. The molecule has 146 valence electrons. The van der Waals surface area contributed by atoms with Crippen LogP contribution in [0.2, 0.25) is 0 Å². The monoisotopic (exact) mass is 411 g/mol. The van der Waals surface area contributed by atoms with Gasteiger partial charge < -0.3 is 10.1 Å². The zero-order valence-electron chi connectivity index (χ0n) is 15.0. The number of methoxy groups -OCH3 is 1. The number of halogens is 1. The van der Waals surface area contributed by atoms with Gasteiger partial charge in [0.2, 0.25) is 0 Å². The fourth-order valence-electron chi connectivity index (χ4n) is 3.15. The van der Waals surface area contributed by atoms with Gasteiger partial charge in [-0.1, -0.05) is 18.2 Å². The van der Waals surface area contributed by atoms with Crippen LogP contribution in [0.3, 0.4) is 0 Å². The van der Waals surface area contributed by atoms with E-state index in [9.17, 15) is 9.59 Å². The third kappa shape index (κ3) is 3.23. The number of fused-ring (bicyclic) bond motifs is 1. The third-order valence-corrected chi connectivity index (χ3v) is 4.80. The Kier molecular flexibility index (Phi) is 4.77. The highest BCUT2D eigenvalue weighted by atomic mass is 32.1. The van der Waals surface area contributed by atoms with E-state index in [2.05, 4.69) is 20.7 Å². The molecule has 0 spiro atoms. The smallest absolute Gasteiger partial charge is 0.266 e. The van der Waals surface area contributed by atoms with Gasteiger partial charge in [-0.25, -0.2) is 9.29 Å². The van der Waals surface area contributed by atoms with Crippen molar-refractivity contribution < 1.29 is 18.7 Å². The summed E-state index contributed by atoms with van der Waals surface area (Å²) in [5, 5.41) is 13.2. The van der Waals surface area contributed by atoms with Crippen LogP contribution in [0, 0.1) is 5.82 Å². The number of aromatic amines is 1. The lowest BCUT2D eigenvalue weighted by Crippen LogP contribution is -2.31. The summed E-state index contributed by atoms with van der Waals surface area (Å²) in [6.07, 6.45) is 1.46. The molecule has 0 saturated heterocycles. The van der Waals surface area contributed by atoms with Crippen molar-refractivity contribution in [3.05, 3.63) is 76.9 Å². The van der Waals surface area contributed by atoms with E-state index in [-0.39, 0.29) is 22.0 Å². The molecule has 2 amide bonds. The standard InChI is InChI=1S/C19H14FN5O3S/c1-28-19(29)22-16(14-9-21-24-23-14)10-6-7-15(13(20)8-10)25-17(26)11-4-2-3-5-12(11)18(25)27/h2-9,16H,1H3,(H,22,29)(H,21,23,24). The number of thiocarbonyl (C=S) groups is 1. The van der Waals surface area contributed by atoms with Gasteiger partial charge in [-0.2, -0.15) is 15.4 Å². The van der Waals surface area contributed by atoms with Gasteiger partial charge in [0.15, 0.2) is 0 Å². The van der Waals surface area contributed by atoms with E-state index in [1.165, 1.54) is 37.6 Å². The molecule has 1 unspecified atom stereocenters. The average Bonchev–Trinajstić information content (AvgIpc) is 3.34. The SMILES string of the molecule is COC(=S)NC(c1ccc(N2C(=O)c3ccccc3C2=O)c(F)c1)c1cn[nH]n1. The maximum Gasteiger partial charge on any atom is 0.266 e. The Bertz CT molecular complexity index is 1080. The van der Waals surface area contributed by atoms with Crippen molar-refractivity contribution in [2.24, 2.45) is 0 Å². The number of ether oxygens (including phenoxy) is 1. The quantitative estimate of drug-likeness (QED) is 0.502. The van der Waals surface area contributed by atoms with Gasteiger partial charge in [-0.15, -0.1) is 0 Å². The Morgan fingerprint density at radius 3 is 2.45 bits per heavy atom. The summed E-state index contributed by atoms with van der Waals surface area (Å²) in [7, 11) is 1.40. The Labute approximate surface area is 169 Å². The second-order valence-electron chi connectivity index (χ2n) is 6.17. The summed E-state index contributed by atoms with van der Waals surface area (Å²) in [4.78, 5) is 26.1. The highest BCUT2D eigenvalue weighted by Crippen LogP contribution is 2.32. The number of carbonyl (C=O) groups excluding carboxylic acids is 2. The molecular weight excluding hydrogens is 397 g/mol. The molecule has 1 aliphatic heterocycles. The molecule has 0 fully saturated rings. The third-order valence-electron chi connectivity index (χ3n) is 4.52. The zero-order valence-corrected chi connectivity index (χ0v) is 15.9. The van der Waals surface area contributed by atoms with Crippen LogP contribution in [-0.4, -0.2) is 39.5 Å². The van der Waals surface area contributed by atoms with Gasteiger partial charge in [0, 0.05) is 0 Å². The second-order valence-corrected chi connectivity index (χ2v) is 6.54. The number of nitrogens with zero attached hydrogens (tertiary/aromatic N) is 3. The number of rotatable bonds is 4. The van der Waals surface area contributed by atoms with Gasteiger partial charge in [0.25, 0.3) is 17.0 Å². The fourth-order valence-corrected chi connectivity index (χ4v) is 3.26. The fraction of sp³-hybridized carbons (Fsp3) is 0.105. The van der Waals surface area contributed by atoms with Crippen LogP contribution in [0.5, 0.6) is 0 Å². The van der Waals surface area contributed by atoms with Gasteiger partial charge in [0.1, 0.15) is 17.6 Å². The minimum Gasteiger partial charge on any atom is -0.474 e. The molecule has 29 heavy (non-hydrogen) atoms. The summed E-state index contributed by atoms with van der Waals surface area (Å²) < 4.78 is 20.0. The lowest BCUT2D eigenvalue weighted by molar-refractivity contribution is 0.0925. The minimum atomic E-state index is -0.740. The minimum absolute atomic E-state index is 0.0860. The number of carbonyl (C=O) groups is 2. The Hall–Kier alpha value is -3.66. The second kappa shape index (κ2) is 7.40. The summed E-state index contributed by atoms with van der Waals surface area (Å²) in [5.41, 5.74) is 1.27. The summed E-state index contributed by atoms with van der Waals surface area (Å²) >= 11 is 5.04. The first-order valence-electron chi connectivity index (χ1n) is 8.48. The molecule has 2 N–H and O–H groups in total. The lowest BCUT2D eigenvalue weighted by Gasteiger charge is -2.20. The van der Waals surface area contributed by atoms with E-state index in [0.717, 1.165) is 4.90 Å². The Morgan fingerprint density at radius 1 is 1.21 bits per heavy atom. The summed E-state index contributed by atoms with van der Waals surface area (Å²) in [5.74, 6) is -1.87. The number of nitrogens with one attached hydrogen (secondary N) is 2. The normalized spacial score (nSPS) is 13.9. The van der Waals surface area contributed by atoms with Crippen molar-refractivity contribution in [1.29, 1.82) is 0 Å². The van der Waals surface area contributed by atoms with Crippen LogP contribution >= 0.6 is 12.2 Å². The summed E-state index contributed by atoms with van der Waals surface area (Å²) in [6, 6.07) is 9.90. The maximum absolute atomic E-state index is 15.0. The first kappa shape index (κ1) is 18.7. The van der Waals surface area contributed by atoms with Crippen LogP contribution in [-0.2, 0) is 4.74 Å². The van der Waals surface area contributed by atoms with E-state index in [1.54, 1.807) is 18.2 Å². The number of H-pyrrole nitrogens is 1. The van der Waals surface area contributed by atoms with Gasteiger partial charge in [0.05, 0.1) is 30.1 Å². The molecular formula is C19H14FN5O3S. The number of imide groups is 1. The van der Waals surface area contributed by atoms with E-state index in [1.807, 2.05) is 0 Å². The first-order valence-corrected chi connectivity index (χ1v) is 8.89. The number of hydrogen-bond acceptors (Lipinski definition) is 6. The molecule has 2 heterocycles. The molecule has 2 aromatic carbocycles. The largest absolute Gasteiger partial charge is 0.474 e. The van der Waals surface area contributed by atoms with Crippen molar-refractivity contribution in [3.63, 3.8) is 0 Å². The number of amides is 2. The van der Waals surface area contributed by atoms with Crippen molar-refractivity contribution in [3.8, 4) is 0 Å². The summed E-state index contributed by atoms with van der Waals surface area (Å²) in [6.45, 7) is 0. The first-order chi connectivity index (χ1) is 14.0. The zero-order chi connectivity index (χ0) is 20.5. The molecule has 4 rings (SSSR count). The Balaban J connectivity index is 1.70. The predicted molar refractivity (Wildman–Crippen MR) is 105 cm³/mol. The van der Waals surface area contributed by atoms with E-state index in [0.29, 0.717) is 11.3 Å². The van der Waals surface area contributed by atoms with Crippen LogP contribution in [0.4, 0.5) is 10.1 Å². The van der Waals surface area contributed by atoms with Crippen molar-refractivity contribution >= 4 is 34.9 Å². The molecule has 0 saturated carbocycles. The molecule has 1 aromatic heterocycles. The predicted octanol–water partition coefficient (Wildman–Crippen LogP) is 2.35. The number of aromatic nitrogens is 3. The van der Waals surface area contributed by atoms with Gasteiger partial charge in [-0.3, -0.25) is 9.59 Å². The van der Waals surface area contributed by atoms with Gasteiger partial charge in [-0.05, 0) is 42.0 Å². The molecule has 1 atom stereocenters. The van der Waals surface area contributed by atoms with E-state index < -0.39 is 23.7 Å². The van der Waals surface area contributed by atoms with Crippen molar-refractivity contribution in [1.82, 2.24) is 20.7 Å². The van der Waals surface area contributed by atoms with Crippen LogP contribution in [0.15, 0.2) is 48.7 Å². The average molecular weight is 411 g/mol. The number of benzene rings is 2. The van der Waals surface area contributed by atoms with E-state index in [4.69, 9.17) is 17.0 Å².